The molecule has 1 amide bonds. The number of methoxy groups -OCH3 is 1. The average Bonchev–Trinajstić information content (AvgIpc) is 2.93. The molecular weight excluding hydrogens is 276 g/mol. The van der Waals surface area contributed by atoms with Gasteiger partial charge in [0.15, 0.2) is 0 Å². The van der Waals surface area contributed by atoms with Gasteiger partial charge in [0.25, 0.3) is 0 Å². The van der Waals surface area contributed by atoms with Crippen molar-refractivity contribution in [3.63, 3.8) is 0 Å². The van der Waals surface area contributed by atoms with E-state index in [2.05, 4.69) is 18.3 Å². The van der Waals surface area contributed by atoms with E-state index in [0.29, 0.717) is 6.42 Å². The summed E-state index contributed by atoms with van der Waals surface area (Å²) in [5.41, 5.74) is 11.5. The van der Waals surface area contributed by atoms with Crippen LogP contribution in [0.4, 0.5) is 5.69 Å². The van der Waals surface area contributed by atoms with Gasteiger partial charge in [0.1, 0.15) is 5.75 Å². The summed E-state index contributed by atoms with van der Waals surface area (Å²) in [7, 11) is 1.65. The van der Waals surface area contributed by atoms with Crippen LogP contribution in [-0.2, 0) is 17.6 Å². The number of ether oxygens (including phenoxy) is 1. The van der Waals surface area contributed by atoms with Crippen molar-refractivity contribution in [2.45, 2.75) is 25.8 Å². The molecule has 22 heavy (non-hydrogen) atoms. The smallest absolute Gasteiger partial charge is 0.228 e. The minimum atomic E-state index is -0.276. The van der Waals surface area contributed by atoms with E-state index in [1.807, 2.05) is 30.3 Å². The molecule has 1 atom stereocenters. The number of anilines is 1. The molecule has 1 unspecified atom stereocenters. The molecule has 0 saturated heterocycles. The zero-order valence-corrected chi connectivity index (χ0v) is 12.8. The molecule has 0 saturated carbocycles. The number of rotatable bonds is 4. The third-order valence-electron chi connectivity index (χ3n) is 4.15. The lowest BCUT2D eigenvalue weighted by Crippen LogP contribution is -2.14. The molecule has 0 aliphatic carbocycles. The van der Waals surface area contributed by atoms with Crippen molar-refractivity contribution in [2.75, 3.05) is 12.4 Å². The van der Waals surface area contributed by atoms with E-state index in [9.17, 15) is 4.79 Å². The Kier molecular flexibility index (Phi) is 3.86. The zero-order chi connectivity index (χ0) is 15.7. The third kappa shape index (κ3) is 2.46. The minimum absolute atomic E-state index is 0.0488. The second-order valence-electron chi connectivity index (χ2n) is 5.51. The SMILES string of the molecule is CCc1cc(C(N)c2ccccc2OC)cc2c1NC(=O)C2. The standard InChI is InChI=1S/C18H20N2O2/c1-3-11-8-12(9-13-10-16(21)20-18(11)13)17(19)14-6-4-5-7-15(14)22-2/h4-9,17H,3,10,19H2,1-2H3,(H,20,21). The Hall–Kier alpha value is -2.33. The number of carbonyl (C=O) groups is 1. The Morgan fingerprint density at radius 1 is 1.32 bits per heavy atom. The lowest BCUT2D eigenvalue weighted by Gasteiger charge is -2.18. The fraction of sp³-hybridized carbons (Fsp3) is 0.278. The number of fused-ring (bicyclic) bond motifs is 1. The molecule has 4 nitrogen and oxygen atoms in total. The monoisotopic (exact) mass is 296 g/mol. The molecule has 114 valence electrons. The predicted molar refractivity (Wildman–Crippen MR) is 87.2 cm³/mol. The highest BCUT2D eigenvalue weighted by molar-refractivity contribution is 6.00. The van der Waals surface area contributed by atoms with Gasteiger partial charge in [-0.05, 0) is 29.2 Å². The van der Waals surface area contributed by atoms with Crippen molar-refractivity contribution in [2.24, 2.45) is 5.73 Å². The molecule has 0 aromatic heterocycles. The first-order valence-corrected chi connectivity index (χ1v) is 7.48. The molecule has 0 bridgehead atoms. The number of nitrogens with one attached hydrogen (secondary N) is 1. The Balaban J connectivity index is 2.05. The Morgan fingerprint density at radius 2 is 2.09 bits per heavy atom. The highest BCUT2D eigenvalue weighted by atomic mass is 16.5. The van der Waals surface area contributed by atoms with E-state index in [0.717, 1.165) is 40.1 Å². The van der Waals surface area contributed by atoms with Gasteiger partial charge in [-0.25, -0.2) is 0 Å². The molecule has 3 N–H and O–H groups in total. The summed E-state index contributed by atoms with van der Waals surface area (Å²) in [5.74, 6) is 0.829. The van der Waals surface area contributed by atoms with E-state index in [1.165, 1.54) is 0 Å². The highest BCUT2D eigenvalue weighted by Crippen LogP contribution is 2.34. The van der Waals surface area contributed by atoms with Crippen LogP contribution in [0.3, 0.4) is 0 Å². The van der Waals surface area contributed by atoms with Crippen molar-refractivity contribution in [3.05, 3.63) is 58.7 Å². The van der Waals surface area contributed by atoms with Crippen LogP contribution in [0.25, 0.3) is 0 Å². The third-order valence-corrected chi connectivity index (χ3v) is 4.15. The van der Waals surface area contributed by atoms with Crippen LogP contribution >= 0.6 is 0 Å². The second kappa shape index (κ2) is 5.81. The van der Waals surface area contributed by atoms with Gasteiger partial charge in [0.05, 0.1) is 19.6 Å². The van der Waals surface area contributed by atoms with E-state index < -0.39 is 0 Å². The maximum Gasteiger partial charge on any atom is 0.228 e. The number of benzene rings is 2. The van der Waals surface area contributed by atoms with E-state index in [1.54, 1.807) is 7.11 Å². The molecule has 1 aliphatic rings. The summed E-state index contributed by atoms with van der Waals surface area (Å²) in [6, 6.07) is 11.6. The first-order chi connectivity index (χ1) is 10.6. The topological polar surface area (TPSA) is 64.3 Å². The summed E-state index contributed by atoms with van der Waals surface area (Å²) < 4.78 is 5.41. The number of para-hydroxylation sites is 1. The molecule has 0 radical (unpaired) electrons. The van der Waals surface area contributed by atoms with Crippen molar-refractivity contribution < 1.29 is 9.53 Å². The summed E-state index contributed by atoms with van der Waals surface area (Å²) in [6.45, 7) is 2.08. The van der Waals surface area contributed by atoms with Crippen molar-refractivity contribution in [1.82, 2.24) is 0 Å². The van der Waals surface area contributed by atoms with Gasteiger partial charge in [-0.2, -0.15) is 0 Å². The number of nitrogens with two attached hydrogens (primary N) is 1. The van der Waals surface area contributed by atoms with Crippen LogP contribution in [0.5, 0.6) is 5.75 Å². The van der Waals surface area contributed by atoms with Crippen LogP contribution in [0, 0.1) is 0 Å². The zero-order valence-electron chi connectivity index (χ0n) is 12.8. The van der Waals surface area contributed by atoms with Gasteiger partial charge in [0, 0.05) is 11.3 Å². The molecule has 2 aromatic carbocycles. The summed E-state index contributed by atoms with van der Waals surface area (Å²) in [4.78, 5) is 11.7. The number of carbonyl (C=O) groups excluding carboxylic acids is 1. The molecule has 1 heterocycles. The number of hydrogen-bond acceptors (Lipinski definition) is 3. The van der Waals surface area contributed by atoms with Crippen LogP contribution < -0.4 is 15.8 Å². The molecule has 0 fully saturated rings. The lowest BCUT2D eigenvalue weighted by atomic mass is 9.93. The molecule has 1 aliphatic heterocycles. The Morgan fingerprint density at radius 3 is 2.82 bits per heavy atom. The summed E-state index contributed by atoms with van der Waals surface area (Å²) in [6.07, 6.45) is 1.28. The van der Waals surface area contributed by atoms with Gasteiger partial charge in [-0.3, -0.25) is 4.79 Å². The van der Waals surface area contributed by atoms with Gasteiger partial charge in [0.2, 0.25) is 5.91 Å². The predicted octanol–water partition coefficient (Wildman–Crippen LogP) is 2.80. The van der Waals surface area contributed by atoms with E-state index >= 15 is 0 Å². The maximum absolute atomic E-state index is 11.7. The average molecular weight is 296 g/mol. The molecule has 2 aromatic rings. The van der Waals surface area contributed by atoms with Gasteiger partial charge in [-0.1, -0.05) is 37.3 Å². The molecule has 4 heteroatoms. The quantitative estimate of drug-likeness (QED) is 0.912. The Bertz CT molecular complexity index is 725. The fourth-order valence-electron chi connectivity index (χ4n) is 3.01. The second-order valence-corrected chi connectivity index (χ2v) is 5.51. The molecule has 0 spiro atoms. The van der Waals surface area contributed by atoms with Crippen LogP contribution in [0.1, 0.15) is 35.2 Å². The minimum Gasteiger partial charge on any atom is -0.496 e. The van der Waals surface area contributed by atoms with E-state index in [4.69, 9.17) is 10.5 Å². The van der Waals surface area contributed by atoms with Crippen molar-refractivity contribution >= 4 is 11.6 Å². The number of hydrogen-bond donors (Lipinski definition) is 2. The van der Waals surface area contributed by atoms with Crippen molar-refractivity contribution in [1.29, 1.82) is 0 Å². The summed E-state index contributed by atoms with van der Waals surface area (Å²) >= 11 is 0. The van der Waals surface area contributed by atoms with Gasteiger partial charge in [-0.15, -0.1) is 0 Å². The van der Waals surface area contributed by atoms with Gasteiger partial charge >= 0.3 is 0 Å². The molecular formula is C18H20N2O2. The normalized spacial score (nSPS) is 14.4. The summed E-state index contributed by atoms with van der Waals surface area (Å²) in [5, 5.41) is 2.94. The highest BCUT2D eigenvalue weighted by Gasteiger charge is 2.23. The number of amides is 1. The largest absolute Gasteiger partial charge is 0.496 e. The first-order valence-electron chi connectivity index (χ1n) is 7.48. The van der Waals surface area contributed by atoms with Gasteiger partial charge < -0.3 is 15.8 Å². The maximum atomic E-state index is 11.7. The van der Waals surface area contributed by atoms with Crippen LogP contribution in [0.15, 0.2) is 36.4 Å². The van der Waals surface area contributed by atoms with Crippen molar-refractivity contribution in [3.8, 4) is 5.75 Å². The first kappa shape index (κ1) is 14.6. The van der Waals surface area contributed by atoms with Crippen LogP contribution in [0.2, 0.25) is 0 Å². The van der Waals surface area contributed by atoms with Crippen LogP contribution in [-0.4, -0.2) is 13.0 Å². The van der Waals surface area contributed by atoms with E-state index in [-0.39, 0.29) is 11.9 Å². The Labute approximate surface area is 130 Å². The lowest BCUT2D eigenvalue weighted by molar-refractivity contribution is -0.115. The fourth-order valence-corrected chi connectivity index (χ4v) is 3.01. The number of aryl methyl sites for hydroxylation is 1. The molecule has 3 rings (SSSR count).